The lowest BCUT2D eigenvalue weighted by Gasteiger charge is -2.29. The Morgan fingerprint density at radius 2 is 2.20 bits per heavy atom. The minimum absolute atomic E-state index is 0.192. The second-order valence-corrected chi connectivity index (χ2v) is 5.79. The Bertz CT molecular complexity index is 637. The Morgan fingerprint density at radius 3 is 2.80 bits per heavy atom. The number of esters is 1. The second-order valence-electron chi connectivity index (χ2n) is 5.79. The Labute approximate surface area is 147 Å². The van der Waals surface area contributed by atoms with Gasteiger partial charge in [-0.3, -0.25) is 4.57 Å². The average Bonchev–Trinajstić information content (AvgIpc) is 3.31. The predicted molar refractivity (Wildman–Crippen MR) is 91.8 cm³/mol. The monoisotopic (exact) mass is 347 g/mol. The summed E-state index contributed by atoms with van der Waals surface area (Å²) in [4.78, 5) is 30.9. The van der Waals surface area contributed by atoms with Crippen molar-refractivity contribution in [2.24, 2.45) is 0 Å². The molecule has 2 aromatic rings. The van der Waals surface area contributed by atoms with Crippen molar-refractivity contribution in [3.05, 3.63) is 42.9 Å². The van der Waals surface area contributed by atoms with E-state index in [0.29, 0.717) is 18.8 Å². The first kappa shape index (κ1) is 18.8. The van der Waals surface area contributed by atoms with Gasteiger partial charge in [-0.15, -0.1) is 0 Å². The van der Waals surface area contributed by atoms with E-state index in [1.807, 2.05) is 13.8 Å². The standard InChI is InChI=1S/C18H25N3O4/c1-3-5-11-25-17(22)16(7-4-2)21(13-15-8-6-12-24-15)18(23)20-10-9-19-14-20/h6,8-10,12,14,16H,3-5,7,11,13H2,1-2H3/t16-/m0/s1. The van der Waals surface area contributed by atoms with Crippen molar-refractivity contribution >= 4 is 12.0 Å². The zero-order valence-electron chi connectivity index (χ0n) is 14.8. The summed E-state index contributed by atoms with van der Waals surface area (Å²) in [6.45, 7) is 4.56. The smallest absolute Gasteiger partial charge is 0.330 e. The van der Waals surface area contributed by atoms with E-state index >= 15 is 0 Å². The molecular weight excluding hydrogens is 322 g/mol. The van der Waals surface area contributed by atoms with Crippen LogP contribution < -0.4 is 0 Å². The maximum atomic E-state index is 12.9. The molecule has 0 aliphatic heterocycles. The van der Waals surface area contributed by atoms with Gasteiger partial charge in [0.1, 0.15) is 18.1 Å². The molecule has 136 valence electrons. The van der Waals surface area contributed by atoms with Crippen LogP contribution in [0.4, 0.5) is 4.79 Å². The third-order valence-electron chi connectivity index (χ3n) is 3.83. The van der Waals surface area contributed by atoms with Crippen LogP contribution >= 0.6 is 0 Å². The van der Waals surface area contributed by atoms with Crippen molar-refractivity contribution in [3.63, 3.8) is 0 Å². The molecule has 0 aliphatic carbocycles. The van der Waals surface area contributed by atoms with Gasteiger partial charge >= 0.3 is 12.0 Å². The molecule has 1 amide bonds. The van der Waals surface area contributed by atoms with Gasteiger partial charge in [0.15, 0.2) is 0 Å². The normalized spacial score (nSPS) is 11.9. The summed E-state index contributed by atoms with van der Waals surface area (Å²) in [7, 11) is 0. The zero-order chi connectivity index (χ0) is 18.1. The number of ether oxygens (including phenoxy) is 1. The van der Waals surface area contributed by atoms with Crippen LogP contribution in [-0.4, -0.2) is 39.1 Å². The van der Waals surface area contributed by atoms with Crippen molar-refractivity contribution in [1.82, 2.24) is 14.5 Å². The van der Waals surface area contributed by atoms with E-state index in [1.165, 1.54) is 22.0 Å². The molecule has 2 aromatic heterocycles. The molecule has 0 aromatic carbocycles. The molecular formula is C18H25N3O4. The number of aromatic nitrogens is 2. The van der Waals surface area contributed by atoms with Gasteiger partial charge in [-0.25, -0.2) is 14.6 Å². The van der Waals surface area contributed by atoms with Crippen molar-refractivity contribution in [1.29, 1.82) is 0 Å². The zero-order valence-corrected chi connectivity index (χ0v) is 14.8. The molecule has 7 heteroatoms. The average molecular weight is 347 g/mol. The van der Waals surface area contributed by atoms with Gasteiger partial charge in [0.25, 0.3) is 0 Å². The molecule has 0 bridgehead atoms. The van der Waals surface area contributed by atoms with E-state index in [0.717, 1.165) is 19.3 Å². The third-order valence-corrected chi connectivity index (χ3v) is 3.83. The van der Waals surface area contributed by atoms with Crippen molar-refractivity contribution in [2.75, 3.05) is 6.61 Å². The fraction of sp³-hybridized carbons (Fsp3) is 0.500. The van der Waals surface area contributed by atoms with Gasteiger partial charge in [0.05, 0.1) is 19.4 Å². The molecule has 2 heterocycles. The number of carbonyl (C=O) groups excluding carboxylic acids is 2. The van der Waals surface area contributed by atoms with E-state index < -0.39 is 6.04 Å². The molecule has 0 unspecified atom stereocenters. The molecule has 0 spiro atoms. The van der Waals surface area contributed by atoms with Crippen LogP contribution in [0.1, 0.15) is 45.3 Å². The topological polar surface area (TPSA) is 77.6 Å². The van der Waals surface area contributed by atoms with Crippen LogP contribution in [0.5, 0.6) is 0 Å². The van der Waals surface area contributed by atoms with Crippen molar-refractivity contribution < 1.29 is 18.7 Å². The minimum Gasteiger partial charge on any atom is -0.467 e. The number of hydrogen-bond donors (Lipinski definition) is 0. The number of carbonyl (C=O) groups is 2. The van der Waals surface area contributed by atoms with Crippen LogP contribution in [0, 0.1) is 0 Å². The Morgan fingerprint density at radius 1 is 1.36 bits per heavy atom. The number of furan rings is 1. The first-order valence-electron chi connectivity index (χ1n) is 8.65. The molecule has 0 aliphatic rings. The fourth-order valence-corrected chi connectivity index (χ4v) is 2.49. The SMILES string of the molecule is CCCCOC(=O)[C@H](CCC)N(Cc1ccco1)C(=O)n1ccnc1. The van der Waals surface area contributed by atoms with Crippen LogP contribution in [0.2, 0.25) is 0 Å². The van der Waals surface area contributed by atoms with E-state index in [9.17, 15) is 9.59 Å². The lowest BCUT2D eigenvalue weighted by Crippen LogP contribution is -2.47. The van der Waals surface area contributed by atoms with Gasteiger partial charge in [0, 0.05) is 12.4 Å². The summed E-state index contributed by atoms with van der Waals surface area (Å²) < 4.78 is 12.1. The molecule has 0 saturated carbocycles. The van der Waals surface area contributed by atoms with Gasteiger partial charge in [0.2, 0.25) is 0 Å². The second kappa shape index (κ2) is 9.66. The Kier molecular flexibility index (Phi) is 7.25. The van der Waals surface area contributed by atoms with Gasteiger partial charge in [-0.05, 0) is 25.0 Å². The molecule has 2 rings (SSSR count). The summed E-state index contributed by atoms with van der Waals surface area (Å²) in [5.41, 5.74) is 0. The van der Waals surface area contributed by atoms with Crippen LogP contribution in [0.25, 0.3) is 0 Å². The predicted octanol–water partition coefficient (Wildman–Crippen LogP) is 3.46. The van der Waals surface area contributed by atoms with E-state index in [4.69, 9.17) is 9.15 Å². The Balaban J connectivity index is 2.22. The number of unbranched alkanes of at least 4 members (excludes halogenated alkanes) is 1. The summed E-state index contributed by atoms with van der Waals surface area (Å²) in [5, 5.41) is 0. The highest BCUT2D eigenvalue weighted by atomic mass is 16.5. The molecule has 0 fully saturated rings. The highest BCUT2D eigenvalue weighted by molar-refractivity contribution is 5.84. The first-order valence-corrected chi connectivity index (χ1v) is 8.65. The molecule has 1 atom stereocenters. The quantitative estimate of drug-likeness (QED) is 0.513. The van der Waals surface area contributed by atoms with E-state index in [-0.39, 0.29) is 18.5 Å². The highest BCUT2D eigenvalue weighted by Crippen LogP contribution is 2.16. The molecule has 25 heavy (non-hydrogen) atoms. The molecule has 0 N–H and O–H groups in total. The Hall–Kier alpha value is -2.57. The van der Waals surface area contributed by atoms with Crippen LogP contribution in [-0.2, 0) is 16.1 Å². The summed E-state index contributed by atoms with van der Waals surface area (Å²) >= 11 is 0. The first-order chi connectivity index (χ1) is 12.2. The lowest BCUT2D eigenvalue weighted by molar-refractivity contribution is -0.149. The van der Waals surface area contributed by atoms with Gasteiger partial charge in [-0.1, -0.05) is 26.7 Å². The maximum Gasteiger partial charge on any atom is 0.330 e. The number of rotatable bonds is 9. The van der Waals surface area contributed by atoms with Crippen molar-refractivity contribution in [2.45, 2.75) is 52.1 Å². The summed E-state index contributed by atoms with van der Waals surface area (Å²) in [6.07, 6.45) is 9.06. The van der Waals surface area contributed by atoms with E-state index in [2.05, 4.69) is 4.98 Å². The maximum absolute atomic E-state index is 12.9. The molecule has 0 saturated heterocycles. The molecule has 0 radical (unpaired) electrons. The van der Waals surface area contributed by atoms with Gasteiger partial charge < -0.3 is 14.1 Å². The van der Waals surface area contributed by atoms with Crippen LogP contribution in [0.3, 0.4) is 0 Å². The van der Waals surface area contributed by atoms with Crippen LogP contribution in [0.15, 0.2) is 41.5 Å². The number of nitrogens with zero attached hydrogens (tertiary/aromatic N) is 3. The third kappa shape index (κ3) is 5.20. The van der Waals surface area contributed by atoms with Crippen molar-refractivity contribution in [3.8, 4) is 0 Å². The lowest BCUT2D eigenvalue weighted by atomic mass is 10.1. The fourth-order valence-electron chi connectivity index (χ4n) is 2.49. The highest BCUT2D eigenvalue weighted by Gasteiger charge is 2.32. The minimum atomic E-state index is -0.665. The molecule has 7 nitrogen and oxygen atoms in total. The number of hydrogen-bond acceptors (Lipinski definition) is 5. The summed E-state index contributed by atoms with van der Waals surface area (Å²) in [6, 6.07) is 2.53. The number of imidazole rings is 1. The van der Waals surface area contributed by atoms with E-state index in [1.54, 1.807) is 24.6 Å². The largest absolute Gasteiger partial charge is 0.467 e. The summed E-state index contributed by atoms with van der Waals surface area (Å²) in [5.74, 6) is 0.228. The number of amides is 1. The van der Waals surface area contributed by atoms with Gasteiger partial charge in [-0.2, -0.15) is 0 Å².